The van der Waals surface area contributed by atoms with Crippen LogP contribution in [0, 0.1) is 6.92 Å². The van der Waals surface area contributed by atoms with E-state index in [1.807, 2.05) is 0 Å². The summed E-state index contributed by atoms with van der Waals surface area (Å²) in [5.74, 6) is 0.508. The minimum absolute atomic E-state index is 0.153. The van der Waals surface area contributed by atoms with Crippen LogP contribution in [-0.2, 0) is 4.74 Å². The predicted octanol–water partition coefficient (Wildman–Crippen LogP) is 4.28. The van der Waals surface area contributed by atoms with Crippen LogP contribution in [0.15, 0.2) is 24.3 Å². The average Bonchev–Trinajstić information content (AvgIpc) is 2.33. The van der Waals surface area contributed by atoms with Crippen LogP contribution in [0.25, 0.3) is 0 Å². The monoisotopic (exact) mass is 277 g/mol. The highest BCUT2D eigenvalue weighted by Crippen LogP contribution is 2.23. The third kappa shape index (κ3) is 6.53. The Labute approximate surface area is 124 Å². The highest BCUT2D eigenvalue weighted by atomic mass is 16.5. The Morgan fingerprint density at radius 2 is 1.80 bits per heavy atom. The standard InChI is InChI=1S/C18H31NO/c1-14(2)20-12-11-16(13-19-18(4,5)6)17-10-8-7-9-15(17)3/h7-10,14,16,19H,11-13H2,1-6H3. The number of rotatable bonds is 7. The average molecular weight is 277 g/mol. The fourth-order valence-electron chi connectivity index (χ4n) is 2.29. The zero-order valence-electron chi connectivity index (χ0n) is 14.0. The SMILES string of the molecule is Cc1ccccc1C(CCOC(C)C)CNC(C)(C)C. The van der Waals surface area contributed by atoms with Gasteiger partial charge in [-0.1, -0.05) is 24.3 Å². The van der Waals surface area contributed by atoms with Crippen LogP contribution >= 0.6 is 0 Å². The molecule has 20 heavy (non-hydrogen) atoms. The van der Waals surface area contributed by atoms with Crippen molar-refractivity contribution in [3.05, 3.63) is 35.4 Å². The van der Waals surface area contributed by atoms with Crippen LogP contribution < -0.4 is 5.32 Å². The lowest BCUT2D eigenvalue weighted by molar-refractivity contribution is 0.0729. The second-order valence-corrected chi connectivity index (χ2v) is 6.89. The maximum absolute atomic E-state index is 5.74. The molecule has 1 N–H and O–H groups in total. The molecule has 0 spiro atoms. The maximum Gasteiger partial charge on any atom is 0.0518 e. The molecule has 1 rings (SSSR count). The van der Waals surface area contributed by atoms with Crippen molar-refractivity contribution in [1.82, 2.24) is 5.32 Å². The molecule has 0 aliphatic heterocycles. The van der Waals surface area contributed by atoms with E-state index in [0.29, 0.717) is 12.0 Å². The lowest BCUT2D eigenvalue weighted by Crippen LogP contribution is -2.39. The van der Waals surface area contributed by atoms with E-state index in [0.717, 1.165) is 19.6 Å². The van der Waals surface area contributed by atoms with Gasteiger partial charge in [0.2, 0.25) is 0 Å². The molecule has 2 heteroatoms. The molecule has 114 valence electrons. The highest BCUT2D eigenvalue weighted by Gasteiger charge is 2.17. The van der Waals surface area contributed by atoms with Crippen LogP contribution in [0.4, 0.5) is 0 Å². The Morgan fingerprint density at radius 3 is 2.35 bits per heavy atom. The minimum Gasteiger partial charge on any atom is -0.379 e. The predicted molar refractivity (Wildman–Crippen MR) is 87.4 cm³/mol. The van der Waals surface area contributed by atoms with Gasteiger partial charge in [-0.3, -0.25) is 0 Å². The number of ether oxygens (including phenoxy) is 1. The van der Waals surface area contributed by atoms with Crippen molar-refractivity contribution < 1.29 is 4.74 Å². The van der Waals surface area contributed by atoms with Crippen molar-refractivity contribution in [1.29, 1.82) is 0 Å². The van der Waals surface area contributed by atoms with Crippen molar-refractivity contribution in [3.8, 4) is 0 Å². The fourth-order valence-corrected chi connectivity index (χ4v) is 2.29. The van der Waals surface area contributed by atoms with E-state index in [1.54, 1.807) is 0 Å². The molecule has 0 aliphatic rings. The summed E-state index contributed by atoms with van der Waals surface area (Å²) in [6, 6.07) is 8.69. The molecule has 0 aliphatic carbocycles. The minimum atomic E-state index is 0.153. The molecule has 1 aromatic carbocycles. The van der Waals surface area contributed by atoms with Crippen molar-refractivity contribution in [2.24, 2.45) is 0 Å². The fraction of sp³-hybridized carbons (Fsp3) is 0.667. The van der Waals surface area contributed by atoms with Gasteiger partial charge in [-0.25, -0.2) is 0 Å². The van der Waals surface area contributed by atoms with Crippen molar-refractivity contribution >= 4 is 0 Å². The van der Waals surface area contributed by atoms with Gasteiger partial charge in [0.15, 0.2) is 0 Å². The summed E-state index contributed by atoms with van der Waals surface area (Å²) < 4.78 is 5.74. The van der Waals surface area contributed by atoms with Gasteiger partial charge in [0.25, 0.3) is 0 Å². The van der Waals surface area contributed by atoms with Crippen LogP contribution in [0.3, 0.4) is 0 Å². The summed E-state index contributed by atoms with van der Waals surface area (Å²) in [6.45, 7) is 14.8. The second-order valence-electron chi connectivity index (χ2n) is 6.89. The van der Waals surface area contributed by atoms with E-state index in [9.17, 15) is 0 Å². The van der Waals surface area contributed by atoms with Crippen LogP contribution in [-0.4, -0.2) is 24.8 Å². The van der Waals surface area contributed by atoms with Crippen molar-refractivity contribution in [3.63, 3.8) is 0 Å². The van der Waals surface area contributed by atoms with Crippen LogP contribution in [0.2, 0.25) is 0 Å². The van der Waals surface area contributed by atoms with Gasteiger partial charge in [-0.2, -0.15) is 0 Å². The summed E-state index contributed by atoms with van der Waals surface area (Å²) in [6.07, 6.45) is 1.37. The number of benzene rings is 1. The largest absolute Gasteiger partial charge is 0.379 e. The molecular weight excluding hydrogens is 246 g/mol. The molecule has 0 fully saturated rings. The summed E-state index contributed by atoms with van der Waals surface area (Å²) in [4.78, 5) is 0. The maximum atomic E-state index is 5.74. The first-order valence-electron chi connectivity index (χ1n) is 7.72. The van der Waals surface area contributed by atoms with Gasteiger partial charge in [0.1, 0.15) is 0 Å². The molecule has 0 aromatic heterocycles. The Balaban J connectivity index is 2.71. The number of nitrogens with one attached hydrogen (secondary N) is 1. The zero-order valence-corrected chi connectivity index (χ0v) is 14.0. The van der Waals surface area contributed by atoms with Crippen LogP contribution in [0.5, 0.6) is 0 Å². The Morgan fingerprint density at radius 1 is 1.15 bits per heavy atom. The van der Waals surface area contributed by atoms with E-state index in [4.69, 9.17) is 4.74 Å². The summed E-state index contributed by atoms with van der Waals surface area (Å²) in [5, 5.41) is 3.63. The lowest BCUT2D eigenvalue weighted by Gasteiger charge is -2.26. The van der Waals surface area contributed by atoms with E-state index in [2.05, 4.69) is 71.1 Å². The third-order valence-corrected chi connectivity index (χ3v) is 3.42. The molecule has 0 amide bonds. The third-order valence-electron chi connectivity index (χ3n) is 3.42. The molecular formula is C18H31NO. The van der Waals surface area contributed by atoms with Gasteiger partial charge in [0.05, 0.1) is 6.10 Å². The normalized spacial score (nSPS) is 13.8. The zero-order chi connectivity index (χ0) is 15.2. The second kappa shape index (κ2) is 7.80. The molecule has 0 radical (unpaired) electrons. The van der Waals surface area contributed by atoms with Crippen LogP contribution in [0.1, 0.15) is 58.1 Å². The van der Waals surface area contributed by atoms with Crippen molar-refractivity contribution in [2.45, 2.75) is 65.5 Å². The summed E-state index contributed by atoms with van der Waals surface area (Å²) in [7, 11) is 0. The molecule has 0 bridgehead atoms. The van der Waals surface area contributed by atoms with Gasteiger partial charge >= 0.3 is 0 Å². The molecule has 1 unspecified atom stereocenters. The molecule has 1 aromatic rings. The Kier molecular flexibility index (Phi) is 6.70. The highest BCUT2D eigenvalue weighted by molar-refractivity contribution is 5.29. The first-order chi connectivity index (χ1) is 9.29. The summed E-state index contributed by atoms with van der Waals surface area (Å²) in [5.41, 5.74) is 2.97. The molecule has 0 heterocycles. The van der Waals surface area contributed by atoms with Gasteiger partial charge in [0, 0.05) is 18.7 Å². The molecule has 1 atom stereocenters. The molecule has 0 saturated carbocycles. The number of hydrogen-bond acceptors (Lipinski definition) is 2. The van der Waals surface area contributed by atoms with Gasteiger partial charge in [-0.05, 0) is 65.0 Å². The smallest absolute Gasteiger partial charge is 0.0518 e. The van der Waals surface area contributed by atoms with Gasteiger partial charge < -0.3 is 10.1 Å². The van der Waals surface area contributed by atoms with E-state index < -0.39 is 0 Å². The summed E-state index contributed by atoms with van der Waals surface area (Å²) >= 11 is 0. The Hall–Kier alpha value is -0.860. The molecule has 2 nitrogen and oxygen atoms in total. The van der Waals surface area contributed by atoms with Gasteiger partial charge in [-0.15, -0.1) is 0 Å². The number of aryl methyl sites for hydroxylation is 1. The number of hydrogen-bond donors (Lipinski definition) is 1. The van der Waals surface area contributed by atoms with Crippen molar-refractivity contribution in [2.75, 3.05) is 13.2 Å². The van der Waals surface area contributed by atoms with E-state index in [1.165, 1.54) is 11.1 Å². The first kappa shape index (κ1) is 17.2. The van der Waals surface area contributed by atoms with E-state index in [-0.39, 0.29) is 5.54 Å². The quantitative estimate of drug-likeness (QED) is 0.803. The molecule has 0 saturated heterocycles. The lowest BCUT2D eigenvalue weighted by atomic mass is 9.91. The Bertz CT molecular complexity index is 393. The first-order valence-corrected chi connectivity index (χ1v) is 7.72. The topological polar surface area (TPSA) is 21.3 Å². The van der Waals surface area contributed by atoms with E-state index >= 15 is 0 Å².